The van der Waals surface area contributed by atoms with Gasteiger partial charge in [0.1, 0.15) is 47.5 Å². The minimum Gasteiger partial charge on any atom is -0.486 e. The topological polar surface area (TPSA) is 187 Å². The number of rotatable bonds is 15. The summed E-state index contributed by atoms with van der Waals surface area (Å²) in [7, 11) is 1.00. The number of fused-ring (bicyclic) bond motifs is 7. The van der Waals surface area contributed by atoms with Crippen LogP contribution in [0.15, 0.2) is 73.1 Å². The molecule has 1 saturated carbocycles. The molecule has 5 atom stereocenters. The summed E-state index contributed by atoms with van der Waals surface area (Å²) in [5.41, 5.74) is 9.04. The molecule has 8 aromatic rings. The molecule has 17 nitrogen and oxygen atoms in total. The zero-order valence-electron chi connectivity index (χ0n) is 44.5. The van der Waals surface area contributed by atoms with Gasteiger partial charge in [-0.05, 0) is 131 Å². The van der Waals surface area contributed by atoms with Gasteiger partial charge in [-0.3, -0.25) is 14.3 Å². The van der Waals surface area contributed by atoms with Gasteiger partial charge in [0.25, 0.3) is 0 Å². The molecule has 5 fully saturated rings. The predicted octanol–water partition coefficient (Wildman–Crippen LogP) is 10.1. The van der Waals surface area contributed by atoms with Crippen molar-refractivity contribution in [1.82, 2.24) is 49.8 Å². The number of amides is 2. The first-order chi connectivity index (χ1) is 38.5. The summed E-state index contributed by atoms with van der Waals surface area (Å²) in [6.45, 7) is 10.0. The van der Waals surface area contributed by atoms with E-state index in [1.54, 1.807) is 21.7 Å². The zero-order chi connectivity index (χ0) is 54.6. The van der Waals surface area contributed by atoms with E-state index >= 15 is 0 Å². The first-order valence-electron chi connectivity index (χ1n) is 27.3. The van der Waals surface area contributed by atoms with Crippen LogP contribution in [0.3, 0.4) is 0 Å². The SMILES string of the molecule is CO.Cc1ccc2c(cnn2PI)c1-c1c(C2CC2)cc2c(N3CC4CC3CN4)nc(OC3CCOCC3)nc2c1OCc1ccc2c(c1)nc(Cl)c1nn(C(C(=O)N3CCCC3C(=O)NCc3ccc(F)cc3)C(C)C)cc12. The van der Waals surface area contributed by atoms with Crippen LogP contribution in [0, 0.1) is 18.7 Å². The number of carbonyl (C=O) groups excluding carboxylic acids is 2. The molecule has 2 amide bonds. The third-order valence-electron chi connectivity index (χ3n) is 16.3. The Balaban J connectivity index is 0.00000308. The highest BCUT2D eigenvalue weighted by Crippen LogP contribution is 2.54. The Hall–Kier alpha value is -5.83. The van der Waals surface area contributed by atoms with Gasteiger partial charge in [0.15, 0.2) is 10.9 Å². The summed E-state index contributed by atoms with van der Waals surface area (Å²) in [5, 5.41) is 27.3. The number of aliphatic hydroxyl groups is 1. The van der Waals surface area contributed by atoms with E-state index in [2.05, 4.69) is 73.2 Å². The third-order valence-corrected chi connectivity index (χ3v) is 18.4. The van der Waals surface area contributed by atoms with Crippen molar-refractivity contribution in [2.45, 2.75) is 115 Å². The molecule has 4 saturated heterocycles. The van der Waals surface area contributed by atoms with Crippen molar-refractivity contribution < 1.29 is 33.3 Å². The normalized spacial score (nSPS) is 19.9. The van der Waals surface area contributed by atoms with Crippen molar-refractivity contribution in [3.63, 3.8) is 0 Å². The van der Waals surface area contributed by atoms with E-state index in [9.17, 15) is 14.0 Å². The van der Waals surface area contributed by atoms with E-state index in [0.717, 1.165) is 113 Å². The van der Waals surface area contributed by atoms with Gasteiger partial charge in [0.2, 0.25) is 11.8 Å². The summed E-state index contributed by atoms with van der Waals surface area (Å²) in [6.07, 6.45) is 10.2. The second kappa shape index (κ2) is 22.6. The first-order valence-corrected chi connectivity index (χ1v) is 31.8. The number of anilines is 1. The molecule has 79 heavy (non-hydrogen) atoms. The van der Waals surface area contributed by atoms with Gasteiger partial charge in [-0.15, -0.1) is 0 Å². The Morgan fingerprint density at radius 1 is 0.949 bits per heavy atom. The largest absolute Gasteiger partial charge is 0.486 e. The second-order valence-electron chi connectivity index (χ2n) is 21.7. The number of aryl methyl sites for hydroxylation is 1. The summed E-state index contributed by atoms with van der Waals surface area (Å²) in [5.74, 6) is 0.972. The minimum atomic E-state index is -0.711. The van der Waals surface area contributed by atoms with Crippen LogP contribution in [-0.4, -0.2) is 120 Å². The number of aliphatic hydroxyl groups excluding tert-OH is 1. The Labute approximate surface area is 476 Å². The number of ether oxygens (including phenoxy) is 3. The van der Waals surface area contributed by atoms with E-state index in [1.165, 1.54) is 17.7 Å². The van der Waals surface area contributed by atoms with Crippen LogP contribution in [-0.2, 0) is 27.5 Å². The molecule has 2 bridgehead atoms. The number of nitrogens with zero attached hydrogens (tertiary/aromatic N) is 9. The third kappa shape index (κ3) is 10.4. The molecule has 4 aliphatic heterocycles. The Morgan fingerprint density at radius 3 is 2.48 bits per heavy atom. The highest BCUT2D eigenvalue weighted by molar-refractivity contribution is 14.2. The van der Waals surface area contributed by atoms with Crippen molar-refractivity contribution in [1.29, 1.82) is 0 Å². The summed E-state index contributed by atoms with van der Waals surface area (Å²) in [4.78, 5) is 47.9. The molecule has 5 unspecified atom stereocenters. The second-order valence-corrected chi connectivity index (χ2v) is 24.1. The van der Waals surface area contributed by atoms with Gasteiger partial charge in [-0.2, -0.15) is 20.2 Å². The fourth-order valence-corrected chi connectivity index (χ4v) is 14.0. The van der Waals surface area contributed by atoms with Gasteiger partial charge in [-0.25, -0.2) is 13.8 Å². The Bertz CT molecular complexity index is 3630. The van der Waals surface area contributed by atoms with Crippen LogP contribution in [0.25, 0.3) is 54.7 Å². The van der Waals surface area contributed by atoms with Crippen molar-refractivity contribution in [3.05, 3.63) is 106 Å². The number of carbonyl (C=O) groups is 2. The molecule has 13 rings (SSSR count). The Morgan fingerprint density at radius 2 is 1.75 bits per heavy atom. The predicted molar refractivity (Wildman–Crippen MR) is 314 cm³/mol. The first kappa shape index (κ1) is 53.8. The van der Waals surface area contributed by atoms with E-state index in [-0.39, 0.29) is 48.0 Å². The summed E-state index contributed by atoms with van der Waals surface area (Å²) in [6, 6.07) is 18.5. The number of benzene rings is 4. The molecular weight excluding hydrogens is 1160 g/mol. The molecule has 412 valence electrons. The van der Waals surface area contributed by atoms with Crippen LogP contribution in [0.1, 0.15) is 93.0 Å². The average molecular weight is 1220 g/mol. The lowest BCUT2D eigenvalue weighted by Gasteiger charge is -2.31. The number of aromatic nitrogens is 7. The van der Waals surface area contributed by atoms with Crippen LogP contribution in [0.5, 0.6) is 11.8 Å². The van der Waals surface area contributed by atoms with Crippen LogP contribution >= 0.6 is 40.0 Å². The van der Waals surface area contributed by atoms with Gasteiger partial charge < -0.3 is 39.8 Å². The number of pyridine rings is 1. The molecule has 8 heterocycles. The Kier molecular flexibility index (Phi) is 15.4. The smallest absolute Gasteiger partial charge is 0.319 e. The lowest BCUT2D eigenvalue weighted by Crippen LogP contribution is -2.48. The fourth-order valence-electron chi connectivity index (χ4n) is 12.3. The van der Waals surface area contributed by atoms with Crippen molar-refractivity contribution in [2.24, 2.45) is 5.92 Å². The number of halogens is 3. The minimum absolute atomic E-state index is 0.0693. The van der Waals surface area contributed by atoms with E-state index in [4.69, 9.17) is 56.1 Å². The van der Waals surface area contributed by atoms with Crippen LogP contribution in [0.2, 0.25) is 5.15 Å². The van der Waals surface area contributed by atoms with E-state index in [1.807, 2.05) is 38.4 Å². The lowest BCUT2D eigenvalue weighted by molar-refractivity contribution is -0.142. The highest BCUT2D eigenvalue weighted by Gasteiger charge is 2.42. The van der Waals surface area contributed by atoms with E-state index < -0.39 is 12.1 Å². The van der Waals surface area contributed by atoms with Gasteiger partial charge in [-0.1, -0.05) is 55.8 Å². The molecule has 4 aromatic heterocycles. The van der Waals surface area contributed by atoms with Gasteiger partial charge >= 0.3 is 6.01 Å². The molecule has 3 N–H and O–H groups in total. The molecule has 5 aliphatic rings. The monoisotopic (exact) mass is 1220 g/mol. The molecular formula is C58H63ClFIN11O6P. The molecule has 0 radical (unpaired) electrons. The number of hydrogen-bond acceptors (Lipinski definition) is 13. The molecule has 0 spiro atoms. The number of likely N-dealkylation sites (tertiary alicyclic amines) is 1. The molecule has 1 aliphatic carbocycles. The maximum Gasteiger partial charge on any atom is 0.319 e. The highest BCUT2D eigenvalue weighted by atomic mass is 127. The zero-order valence-corrected chi connectivity index (χ0v) is 48.4. The average Bonchev–Trinajstić information content (AvgIpc) is 4.22. The van der Waals surface area contributed by atoms with Crippen molar-refractivity contribution in [2.75, 3.05) is 44.9 Å². The fraction of sp³-hybridized carbons (Fsp3) is 0.431. The van der Waals surface area contributed by atoms with E-state index in [0.29, 0.717) is 85.3 Å². The molecule has 21 heteroatoms. The number of piperazine rings is 1. The van der Waals surface area contributed by atoms with Crippen LogP contribution in [0.4, 0.5) is 10.2 Å². The van der Waals surface area contributed by atoms with Crippen molar-refractivity contribution in [3.8, 4) is 22.9 Å². The van der Waals surface area contributed by atoms with Crippen LogP contribution < -0.4 is 25.0 Å². The maximum absolute atomic E-state index is 14.6. The summed E-state index contributed by atoms with van der Waals surface area (Å²) >= 11 is 9.44. The lowest BCUT2D eigenvalue weighted by atomic mass is 9.89. The standard InChI is InChI=1S/C57H59ClFIN11O5P.CH4O/c1-30(2)51(56(73)68-18-4-5-46(68)55(72)62-24-32-7-12-35(59)13-8-32)70-28-43-39-14-9-33(21-44(39)64-53(58)50(43)67-70)29-75-52-48(47-31(3)6-15-45-42(47)26-63-71(45)77-60)40(34-10-11-34)23-41-49(52)65-57(76-38-16-19-74-20-17-38)66-54(41)69-27-36-22-37(69)25-61-36;1-2/h6-9,12-15,21,23,26,28,30,34,36-38,46,51,61,77H,4-5,10-11,16-20,22,24-25,27,29H2,1-3H3,(H,62,72);2H,1H3. The van der Waals surface area contributed by atoms with Gasteiger partial charge in [0, 0.05) is 91.5 Å². The summed E-state index contributed by atoms with van der Waals surface area (Å²) < 4.78 is 37.1. The quantitative estimate of drug-likeness (QED) is 0.0501. The van der Waals surface area contributed by atoms with Crippen molar-refractivity contribution >= 4 is 101 Å². The van der Waals surface area contributed by atoms with Gasteiger partial charge in [0.05, 0.1) is 36.8 Å². The number of hydrogen-bond donors (Lipinski definition) is 3. The maximum atomic E-state index is 14.6. The molecule has 4 aromatic carbocycles. The number of nitrogens with one attached hydrogen (secondary N) is 2.